The van der Waals surface area contributed by atoms with E-state index in [1.165, 1.54) is 10.8 Å². The van der Waals surface area contributed by atoms with Crippen LogP contribution in [0.25, 0.3) is 145 Å². The highest BCUT2D eigenvalue weighted by Gasteiger charge is 2.21. The number of hydrogen-bond donors (Lipinski definition) is 0. The van der Waals surface area contributed by atoms with Crippen LogP contribution in [0.2, 0.25) is 0 Å². The minimum atomic E-state index is 0.612. The Bertz CT molecular complexity index is 4380. The Balaban J connectivity index is 0.967. The average molecular weight is 995 g/mol. The molecule has 6 heteroatoms. The van der Waals surface area contributed by atoms with Gasteiger partial charge in [-0.2, -0.15) is 0 Å². The largest absolute Gasteiger partial charge is 0.228 e. The van der Waals surface area contributed by atoms with E-state index in [4.69, 9.17) is 29.9 Å². The fourth-order valence-corrected chi connectivity index (χ4v) is 10.6. The highest BCUT2D eigenvalue weighted by atomic mass is 14.9. The van der Waals surface area contributed by atoms with Gasteiger partial charge < -0.3 is 0 Å². The fourth-order valence-electron chi connectivity index (χ4n) is 10.6. The van der Waals surface area contributed by atoms with Crippen LogP contribution in [-0.2, 0) is 0 Å². The van der Waals surface area contributed by atoms with Crippen molar-refractivity contribution in [2.45, 2.75) is 0 Å². The van der Waals surface area contributed by atoms with Crippen molar-refractivity contribution in [2.75, 3.05) is 0 Å². The minimum Gasteiger partial charge on any atom is -0.228 e. The summed E-state index contributed by atoms with van der Waals surface area (Å²) in [4.78, 5) is 31.6. The van der Waals surface area contributed by atoms with Crippen LogP contribution < -0.4 is 0 Å². The van der Waals surface area contributed by atoms with Gasteiger partial charge >= 0.3 is 0 Å². The first-order chi connectivity index (χ1) is 38.6. The molecule has 0 radical (unpaired) electrons. The van der Waals surface area contributed by atoms with Crippen molar-refractivity contribution < 1.29 is 0 Å². The topological polar surface area (TPSA) is 77.3 Å². The van der Waals surface area contributed by atoms with Crippen LogP contribution in [0.15, 0.2) is 279 Å². The van der Waals surface area contributed by atoms with E-state index >= 15 is 0 Å². The molecule has 3 aromatic heterocycles. The zero-order chi connectivity index (χ0) is 51.8. The van der Waals surface area contributed by atoms with Crippen molar-refractivity contribution >= 4 is 32.4 Å². The molecule has 364 valence electrons. The second-order valence-electron chi connectivity index (χ2n) is 19.4. The molecule has 0 saturated carbocycles. The van der Waals surface area contributed by atoms with Crippen molar-refractivity contribution in [3.05, 3.63) is 279 Å². The molecule has 0 spiro atoms. The molecule has 14 rings (SSSR count). The summed E-state index contributed by atoms with van der Waals surface area (Å²) in [5.74, 6) is 1.95. The Morgan fingerprint density at radius 2 is 0.551 bits per heavy atom. The predicted octanol–water partition coefficient (Wildman–Crippen LogP) is 18.2. The van der Waals surface area contributed by atoms with Crippen LogP contribution in [0, 0.1) is 0 Å². The van der Waals surface area contributed by atoms with Crippen LogP contribution in [-0.4, -0.2) is 29.9 Å². The van der Waals surface area contributed by atoms with Crippen LogP contribution in [0.4, 0.5) is 0 Å². The molecule has 0 unspecified atom stereocenters. The van der Waals surface area contributed by atoms with E-state index in [1.54, 1.807) is 0 Å². The van der Waals surface area contributed by atoms with Gasteiger partial charge in [0, 0.05) is 55.5 Å². The van der Waals surface area contributed by atoms with Gasteiger partial charge in [0.1, 0.15) is 0 Å². The van der Waals surface area contributed by atoms with Gasteiger partial charge in [-0.25, -0.2) is 29.9 Å². The molecule has 0 saturated heterocycles. The van der Waals surface area contributed by atoms with E-state index in [-0.39, 0.29) is 0 Å². The summed E-state index contributed by atoms with van der Waals surface area (Å²) in [6.07, 6.45) is 0. The van der Waals surface area contributed by atoms with Gasteiger partial charge in [0.2, 0.25) is 0 Å². The van der Waals surface area contributed by atoms with Gasteiger partial charge in [-0.15, -0.1) is 0 Å². The van der Waals surface area contributed by atoms with E-state index in [2.05, 4.69) is 206 Å². The molecule has 0 amide bonds. The molecule has 0 aliphatic carbocycles. The molecule has 6 nitrogen and oxygen atoms in total. The van der Waals surface area contributed by atoms with Crippen LogP contribution >= 0.6 is 0 Å². The fraction of sp³-hybridized carbons (Fsp3) is 0. The second kappa shape index (κ2) is 19.9. The summed E-state index contributed by atoms with van der Waals surface area (Å²) in [6.45, 7) is 0. The highest BCUT2D eigenvalue weighted by Crippen LogP contribution is 2.43. The van der Waals surface area contributed by atoms with Crippen molar-refractivity contribution in [1.82, 2.24) is 29.9 Å². The lowest BCUT2D eigenvalue weighted by atomic mass is 9.90. The molecule has 0 aliphatic rings. The average Bonchev–Trinajstić information content (AvgIpc) is 3.58. The van der Waals surface area contributed by atoms with Gasteiger partial charge in [-0.3, -0.25) is 0 Å². The Kier molecular flexibility index (Phi) is 11.8. The Morgan fingerprint density at radius 1 is 0.192 bits per heavy atom. The van der Waals surface area contributed by atoms with E-state index < -0.39 is 0 Å². The number of fused-ring (bicyclic) bond motifs is 3. The first kappa shape index (κ1) is 46.0. The third-order valence-electron chi connectivity index (χ3n) is 14.5. The number of nitrogens with zero attached hydrogens (tertiary/aromatic N) is 6. The molecule has 11 aromatic carbocycles. The molecule has 78 heavy (non-hydrogen) atoms. The van der Waals surface area contributed by atoms with E-state index in [9.17, 15) is 0 Å². The third-order valence-corrected chi connectivity index (χ3v) is 14.5. The number of benzene rings is 11. The first-order valence-corrected chi connectivity index (χ1v) is 26.2. The normalized spacial score (nSPS) is 11.3. The maximum atomic E-state index is 5.61. The lowest BCUT2D eigenvalue weighted by Crippen LogP contribution is -1.99. The molecule has 0 N–H and O–H groups in total. The van der Waals surface area contributed by atoms with E-state index in [1.807, 2.05) is 72.8 Å². The van der Waals surface area contributed by atoms with Crippen LogP contribution in [0.1, 0.15) is 0 Å². The molecular weight excluding hydrogens is 949 g/mol. The van der Waals surface area contributed by atoms with Crippen LogP contribution in [0.3, 0.4) is 0 Å². The standard InChI is InChI=1S/C72H46N6/c1-5-21-49(22-6-1)64-45-66(75-70(73-64)54-25-9-3-10-26-54)51-35-39-53(40-36-51)68-63-44-57(60-33-17-29-47-19-13-15-31-58(47)60)43-62(61-34-18-30-48-20-14-16-32-59(48)61)69(63)78-72(77-68)56-41-37-52(38-42-56)67-46-65(50-23-7-2-8-24-50)74-71(76-67)55-27-11-4-12-28-55/h1-46H. The summed E-state index contributed by atoms with van der Waals surface area (Å²) in [5, 5.41) is 5.61. The van der Waals surface area contributed by atoms with Gasteiger partial charge in [-0.1, -0.05) is 255 Å². The smallest absolute Gasteiger partial charge is 0.160 e. The minimum absolute atomic E-state index is 0.612. The Morgan fingerprint density at radius 3 is 1.05 bits per heavy atom. The van der Waals surface area contributed by atoms with E-state index in [0.717, 1.165) is 117 Å². The molecule has 3 heterocycles. The quantitative estimate of drug-likeness (QED) is 0.136. The maximum absolute atomic E-state index is 5.61. The van der Waals surface area contributed by atoms with Gasteiger partial charge in [0.15, 0.2) is 17.5 Å². The monoisotopic (exact) mass is 994 g/mol. The Hall–Kier alpha value is -10.6. The Labute approximate surface area is 451 Å². The van der Waals surface area contributed by atoms with Crippen molar-refractivity contribution in [2.24, 2.45) is 0 Å². The zero-order valence-corrected chi connectivity index (χ0v) is 42.2. The molecule has 14 aromatic rings. The summed E-state index contributed by atoms with van der Waals surface area (Å²) in [6, 6.07) is 97.1. The predicted molar refractivity (Wildman–Crippen MR) is 320 cm³/mol. The zero-order valence-electron chi connectivity index (χ0n) is 42.2. The van der Waals surface area contributed by atoms with Crippen molar-refractivity contribution in [3.8, 4) is 113 Å². The summed E-state index contributed by atoms with van der Waals surface area (Å²) in [7, 11) is 0. The SMILES string of the molecule is c1ccc(-c2cc(-c3ccc(-c4nc(-c5ccc(-c6cc(-c7ccccc7)nc(-c7ccccc7)n6)cc5)c5cc(-c6cccc7ccccc67)cc(-c6cccc7ccccc67)c5n4)cc3)nc(-c3ccccc3)n2)cc1. The third kappa shape index (κ3) is 8.83. The van der Waals surface area contributed by atoms with Crippen LogP contribution in [0.5, 0.6) is 0 Å². The number of hydrogen-bond acceptors (Lipinski definition) is 6. The second-order valence-corrected chi connectivity index (χ2v) is 19.4. The molecule has 0 aliphatic heterocycles. The summed E-state index contributed by atoms with van der Waals surface area (Å²) < 4.78 is 0. The molecular formula is C72H46N6. The van der Waals surface area contributed by atoms with E-state index in [0.29, 0.717) is 17.5 Å². The number of rotatable bonds is 10. The highest BCUT2D eigenvalue weighted by molar-refractivity contribution is 6.11. The first-order valence-electron chi connectivity index (χ1n) is 26.2. The maximum Gasteiger partial charge on any atom is 0.160 e. The summed E-state index contributed by atoms with van der Waals surface area (Å²) >= 11 is 0. The molecule has 0 atom stereocenters. The summed E-state index contributed by atoms with van der Waals surface area (Å²) in [5.41, 5.74) is 17.1. The van der Waals surface area contributed by atoms with Crippen molar-refractivity contribution in [1.29, 1.82) is 0 Å². The molecule has 0 bridgehead atoms. The van der Waals surface area contributed by atoms with Gasteiger partial charge in [0.05, 0.1) is 34.0 Å². The molecule has 0 fully saturated rings. The van der Waals surface area contributed by atoms with Gasteiger partial charge in [-0.05, 0) is 62.5 Å². The number of aromatic nitrogens is 6. The lowest BCUT2D eigenvalue weighted by Gasteiger charge is -2.17. The van der Waals surface area contributed by atoms with Gasteiger partial charge in [0.25, 0.3) is 0 Å². The van der Waals surface area contributed by atoms with Crippen molar-refractivity contribution in [3.63, 3.8) is 0 Å². The lowest BCUT2D eigenvalue weighted by molar-refractivity contribution is 1.18.